The van der Waals surface area contributed by atoms with Gasteiger partial charge in [0.15, 0.2) is 11.0 Å². The predicted molar refractivity (Wildman–Crippen MR) is 90.8 cm³/mol. The van der Waals surface area contributed by atoms with Crippen LogP contribution in [0.15, 0.2) is 46.6 Å². The fourth-order valence-electron chi connectivity index (χ4n) is 2.10. The Morgan fingerprint density at radius 1 is 1.29 bits per heavy atom. The zero-order chi connectivity index (χ0) is 16.9. The van der Waals surface area contributed by atoms with Gasteiger partial charge in [-0.05, 0) is 31.2 Å². The van der Waals surface area contributed by atoms with Crippen LogP contribution in [-0.4, -0.2) is 32.0 Å². The number of hydrogen-bond acceptors (Lipinski definition) is 7. The molecule has 8 heteroatoms. The molecule has 0 amide bonds. The van der Waals surface area contributed by atoms with Crippen LogP contribution in [0.25, 0.3) is 11.5 Å². The average molecular weight is 343 g/mol. The normalized spacial score (nSPS) is 10.8. The van der Waals surface area contributed by atoms with Gasteiger partial charge in [0.25, 0.3) is 5.89 Å². The van der Waals surface area contributed by atoms with Crippen LogP contribution in [0.3, 0.4) is 0 Å². The molecular weight excluding hydrogens is 326 g/mol. The van der Waals surface area contributed by atoms with E-state index < -0.39 is 0 Å². The standard InChI is InChI=1S/C16H17N5O2S/c1-4-9-21-11(2)18-19-16(21)24-10-14-17-15(23-20-14)12-5-7-13(22-3)8-6-12/h4-8H,1,9-10H2,2-3H3. The molecule has 7 nitrogen and oxygen atoms in total. The van der Waals surface area contributed by atoms with Crippen LogP contribution >= 0.6 is 11.8 Å². The number of aryl methyl sites for hydroxylation is 1. The van der Waals surface area contributed by atoms with Gasteiger partial charge in [-0.15, -0.1) is 16.8 Å². The summed E-state index contributed by atoms with van der Waals surface area (Å²) in [6.07, 6.45) is 1.82. The molecule has 0 aliphatic carbocycles. The molecule has 0 fully saturated rings. The smallest absolute Gasteiger partial charge is 0.257 e. The molecule has 2 aromatic heterocycles. The van der Waals surface area contributed by atoms with Crippen molar-refractivity contribution in [2.45, 2.75) is 24.4 Å². The van der Waals surface area contributed by atoms with Crippen molar-refractivity contribution in [3.8, 4) is 17.2 Å². The predicted octanol–water partition coefficient (Wildman–Crippen LogP) is 3.12. The van der Waals surface area contributed by atoms with Crippen LogP contribution in [0.5, 0.6) is 5.75 Å². The van der Waals surface area contributed by atoms with Crippen LogP contribution in [0.4, 0.5) is 0 Å². The fraction of sp³-hybridized carbons (Fsp3) is 0.250. The Morgan fingerprint density at radius 3 is 2.79 bits per heavy atom. The first-order valence-electron chi connectivity index (χ1n) is 7.31. The van der Waals surface area contributed by atoms with E-state index >= 15 is 0 Å². The highest BCUT2D eigenvalue weighted by Gasteiger charge is 2.12. The van der Waals surface area contributed by atoms with Gasteiger partial charge in [-0.1, -0.05) is 23.0 Å². The molecule has 2 heterocycles. The molecule has 0 N–H and O–H groups in total. The summed E-state index contributed by atoms with van der Waals surface area (Å²) in [6, 6.07) is 7.48. The number of aromatic nitrogens is 5. The monoisotopic (exact) mass is 343 g/mol. The van der Waals surface area contributed by atoms with Crippen molar-refractivity contribution in [3.05, 3.63) is 48.6 Å². The zero-order valence-electron chi connectivity index (χ0n) is 13.5. The molecule has 124 valence electrons. The van der Waals surface area contributed by atoms with Crippen LogP contribution in [-0.2, 0) is 12.3 Å². The van der Waals surface area contributed by atoms with Crippen molar-refractivity contribution in [1.82, 2.24) is 24.9 Å². The summed E-state index contributed by atoms with van der Waals surface area (Å²) in [4.78, 5) is 4.42. The number of allylic oxidation sites excluding steroid dienone is 1. The molecular formula is C16H17N5O2S. The second-order valence-electron chi connectivity index (χ2n) is 4.96. The first-order chi connectivity index (χ1) is 11.7. The molecule has 0 bridgehead atoms. The second-order valence-corrected chi connectivity index (χ2v) is 5.90. The largest absolute Gasteiger partial charge is 0.497 e. The third kappa shape index (κ3) is 3.48. The summed E-state index contributed by atoms with van der Waals surface area (Å²) < 4.78 is 12.4. The Morgan fingerprint density at radius 2 is 2.08 bits per heavy atom. The minimum absolute atomic E-state index is 0.483. The first-order valence-corrected chi connectivity index (χ1v) is 8.30. The first kappa shape index (κ1) is 16.3. The van der Waals surface area contributed by atoms with E-state index in [4.69, 9.17) is 9.26 Å². The highest BCUT2D eigenvalue weighted by molar-refractivity contribution is 7.98. The topological polar surface area (TPSA) is 78.9 Å². The molecule has 0 spiro atoms. The molecule has 0 saturated heterocycles. The minimum atomic E-state index is 0.483. The fourth-order valence-corrected chi connectivity index (χ4v) is 2.94. The van der Waals surface area contributed by atoms with E-state index in [1.807, 2.05) is 41.8 Å². The summed E-state index contributed by atoms with van der Waals surface area (Å²) in [5.74, 6) is 3.28. The molecule has 1 aromatic carbocycles. The van der Waals surface area contributed by atoms with Crippen molar-refractivity contribution >= 4 is 11.8 Å². The molecule has 0 radical (unpaired) electrons. The van der Waals surface area contributed by atoms with Gasteiger partial charge in [-0.2, -0.15) is 4.98 Å². The molecule has 0 aliphatic heterocycles. The Balaban J connectivity index is 1.69. The zero-order valence-corrected chi connectivity index (χ0v) is 14.3. The Kier molecular flexibility index (Phi) is 4.95. The summed E-state index contributed by atoms with van der Waals surface area (Å²) >= 11 is 1.51. The van der Waals surface area contributed by atoms with E-state index in [2.05, 4.69) is 26.9 Å². The molecule has 0 atom stereocenters. The lowest BCUT2D eigenvalue weighted by molar-refractivity contribution is 0.414. The summed E-state index contributed by atoms with van der Waals surface area (Å²) in [6.45, 7) is 6.34. The molecule has 0 aliphatic rings. The summed E-state index contributed by atoms with van der Waals surface area (Å²) in [7, 11) is 1.63. The van der Waals surface area contributed by atoms with Crippen molar-refractivity contribution in [3.63, 3.8) is 0 Å². The van der Waals surface area contributed by atoms with Crippen LogP contribution < -0.4 is 4.74 Å². The molecule has 3 aromatic rings. The quantitative estimate of drug-likeness (QED) is 0.482. The number of nitrogens with zero attached hydrogens (tertiary/aromatic N) is 5. The summed E-state index contributed by atoms with van der Waals surface area (Å²) in [5.41, 5.74) is 0.852. The number of hydrogen-bond donors (Lipinski definition) is 0. The third-order valence-corrected chi connectivity index (χ3v) is 4.31. The van der Waals surface area contributed by atoms with E-state index in [0.29, 0.717) is 24.0 Å². The molecule has 0 saturated carbocycles. The van der Waals surface area contributed by atoms with Gasteiger partial charge >= 0.3 is 0 Å². The van der Waals surface area contributed by atoms with Gasteiger partial charge in [0.2, 0.25) is 0 Å². The van der Waals surface area contributed by atoms with E-state index in [1.54, 1.807) is 7.11 Å². The highest BCUT2D eigenvalue weighted by atomic mass is 32.2. The lowest BCUT2D eigenvalue weighted by Gasteiger charge is -2.03. The van der Waals surface area contributed by atoms with Crippen molar-refractivity contribution in [2.24, 2.45) is 0 Å². The number of methoxy groups -OCH3 is 1. The number of ether oxygens (including phenoxy) is 1. The van der Waals surface area contributed by atoms with E-state index in [0.717, 1.165) is 22.3 Å². The number of benzene rings is 1. The summed E-state index contributed by atoms with van der Waals surface area (Å²) in [5, 5.41) is 13.1. The SMILES string of the molecule is C=CCn1c(C)nnc1SCc1noc(-c2ccc(OC)cc2)n1. The van der Waals surface area contributed by atoms with Gasteiger partial charge < -0.3 is 13.8 Å². The number of thioether (sulfide) groups is 1. The van der Waals surface area contributed by atoms with Crippen molar-refractivity contribution in [2.75, 3.05) is 7.11 Å². The Bertz CT molecular complexity index is 825. The van der Waals surface area contributed by atoms with E-state index in [-0.39, 0.29) is 0 Å². The highest BCUT2D eigenvalue weighted by Crippen LogP contribution is 2.24. The van der Waals surface area contributed by atoms with E-state index in [9.17, 15) is 0 Å². The van der Waals surface area contributed by atoms with Crippen LogP contribution in [0, 0.1) is 6.92 Å². The van der Waals surface area contributed by atoms with Crippen LogP contribution in [0.1, 0.15) is 11.6 Å². The Labute approximate surface area is 143 Å². The molecule has 24 heavy (non-hydrogen) atoms. The Hall–Kier alpha value is -2.61. The maximum atomic E-state index is 5.32. The van der Waals surface area contributed by atoms with Crippen molar-refractivity contribution in [1.29, 1.82) is 0 Å². The van der Waals surface area contributed by atoms with Gasteiger partial charge in [-0.3, -0.25) is 0 Å². The van der Waals surface area contributed by atoms with Gasteiger partial charge in [0, 0.05) is 12.1 Å². The number of rotatable bonds is 7. The molecule has 3 rings (SSSR count). The van der Waals surface area contributed by atoms with Crippen molar-refractivity contribution < 1.29 is 9.26 Å². The van der Waals surface area contributed by atoms with Gasteiger partial charge in [-0.25, -0.2) is 0 Å². The maximum Gasteiger partial charge on any atom is 0.257 e. The lowest BCUT2D eigenvalue weighted by Crippen LogP contribution is -2.00. The van der Waals surface area contributed by atoms with Gasteiger partial charge in [0.1, 0.15) is 11.6 Å². The minimum Gasteiger partial charge on any atom is -0.497 e. The maximum absolute atomic E-state index is 5.32. The molecule has 0 unspecified atom stereocenters. The van der Waals surface area contributed by atoms with E-state index in [1.165, 1.54) is 11.8 Å². The second kappa shape index (κ2) is 7.31. The average Bonchev–Trinajstić information content (AvgIpc) is 3.21. The van der Waals surface area contributed by atoms with Crippen LogP contribution in [0.2, 0.25) is 0 Å². The lowest BCUT2D eigenvalue weighted by atomic mass is 10.2. The third-order valence-electron chi connectivity index (χ3n) is 3.35. The van der Waals surface area contributed by atoms with Gasteiger partial charge in [0.05, 0.1) is 12.9 Å².